The van der Waals surface area contributed by atoms with E-state index in [0.29, 0.717) is 19.8 Å². The van der Waals surface area contributed by atoms with Crippen LogP contribution in [0.25, 0.3) is 0 Å². The summed E-state index contributed by atoms with van der Waals surface area (Å²) in [5.41, 5.74) is 0. The molecule has 1 fully saturated rings. The molecule has 0 radical (unpaired) electrons. The summed E-state index contributed by atoms with van der Waals surface area (Å²) in [7, 11) is -2.75. The maximum atomic E-state index is 5.63. The van der Waals surface area contributed by atoms with E-state index in [2.05, 4.69) is 0 Å². The first-order chi connectivity index (χ1) is 6.22. The molecule has 0 aromatic carbocycles. The Hall–Kier alpha value is 0.0569. The normalized spacial score (nSPS) is 27.5. The van der Waals surface area contributed by atoms with Crippen molar-refractivity contribution in [2.45, 2.75) is 33.3 Å². The van der Waals surface area contributed by atoms with E-state index < -0.39 is 9.05 Å². The minimum absolute atomic E-state index is 0.179. The summed E-state index contributed by atoms with van der Waals surface area (Å²) < 4.78 is 22.0. The van der Waals surface area contributed by atoms with E-state index in [-0.39, 0.29) is 6.10 Å². The summed E-state index contributed by atoms with van der Waals surface area (Å²) in [6.07, 6.45) is 1.09. The Balaban J connectivity index is 2.53. The molecule has 0 aliphatic carbocycles. The predicted octanol–water partition coefficient (Wildman–Crippen LogP) is 1.32. The fraction of sp³-hybridized carbons (Fsp3) is 1.00. The summed E-state index contributed by atoms with van der Waals surface area (Å²) >= 11 is 0. The lowest BCUT2D eigenvalue weighted by molar-refractivity contribution is -0.0816. The highest BCUT2D eigenvalue weighted by Crippen LogP contribution is 2.21. The highest BCUT2D eigenvalue weighted by atomic mass is 28.4. The van der Waals surface area contributed by atoms with E-state index in [1.807, 2.05) is 20.8 Å². The smallest absolute Gasteiger partial charge is 0.351 e. The molecule has 1 heterocycles. The minimum atomic E-state index is -2.75. The van der Waals surface area contributed by atoms with Crippen molar-refractivity contribution in [1.29, 1.82) is 0 Å². The summed E-state index contributed by atoms with van der Waals surface area (Å²) in [4.78, 5) is 0. The summed E-state index contributed by atoms with van der Waals surface area (Å²) in [5.74, 6) is 0. The summed E-state index contributed by atoms with van der Waals surface area (Å²) in [5, 5.41) is 0. The summed E-state index contributed by atoms with van der Waals surface area (Å²) in [6, 6.07) is 0. The molecule has 0 bridgehead atoms. The number of hydrogen-bond donors (Lipinski definition) is 0. The Morgan fingerprint density at radius 3 is 2.38 bits per heavy atom. The van der Waals surface area contributed by atoms with Crippen molar-refractivity contribution in [3.8, 4) is 0 Å². The first kappa shape index (κ1) is 11.1. The Bertz CT molecular complexity index is 142. The Morgan fingerprint density at radius 1 is 1.31 bits per heavy atom. The zero-order chi connectivity index (χ0) is 9.73. The van der Waals surface area contributed by atoms with Crippen LogP contribution in [0.5, 0.6) is 0 Å². The fourth-order valence-electron chi connectivity index (χ4n) is 1.24. The van der Waals surface area contributed by atoms with Crippen LogP contribution in [-0.4, -0.2) is 35.0 Å². The molecule has 1 saturated heterocycles. The highest BCUT2D eigenvalue weighted by Gasteiger charge is 2.48. The van der Waals surface area contributed by atoms with E-state index in [1.165, 1.54) is 0 Å². The van der Waals surface area contributed by atoms with E-state index >= 15 is 0 Å². The van der Waals surface area contributed by atoms with Gasteiger partial charge < -0.3 is 17.7 Å². The van der Waals surface area contributed by atoms with Gasteiger partial charge in [0.1, 0.15) is 0 Å². The molecular weight excluding hydrogens is 188 g/mol. The molecule has 1 atom stereocenters. The molecule has 0 aromatic heterocycles. The van der Waals surface area contributed by atoms with Gasteiger partial charge in [0.15, 0.2) is 0 Å². The van der Waals surface area contributed by atoms with Crippen LogP contribution in [0.15, 0.2) is 0 Å². The van der Waals surface area contributed by atoms with Gasteiger partial charge in [-0.15, -0.1) is 0 Å². The second-order valence-electron chi connectivity index (χ2n) is 2.93. The SMILES string of the molecule is CCO[Si]1(OCC)OCCC(C)O1. The molecule has 5 heteroatoms. The predicted molar refractivity (Wildman–Crippen MR) is 50.1 cm³/mol. The largest absolute Gasteiger partial charge is 0.679 e. The van der Waals surface area contributed by atoms with Gasteiger partial charge in [0.05, 0.1) is 6.10 Å². The molecule has 1 aliphatic rings. The van der Waals surface area contributed by atoms with Crippen molar-refractivity contribution in [3.05, 3.63) is 0 Å². The van der Waals surface area contributed by atoms with Crippen molar-refractivity contribution in [2.75, 3.05) is 19.8 Å². The molecule has 78 valence electrons. The van der Waals surface area contributed by atoms with E-state index in [9.17, 15) is 0 Å². The molecule has 1 rings (SSSR count). The lowest BCUT2D eigenvalue weighted by Crippen LogP contribution is -2.54. The average molecular weight is 206 g/mol. The third-order valence-electron chi connectivity index (χ3n) is 1.79. The lowest BCUT2D eigenvalue weighted by Gasteiger charge is -2.34. The monoisotopic (exact) mass is 206 g/mol. The second-order valence-corrected chi connectivity index (χ2v) is 5.03. The number of hydrogen-bond acceptors (Lipinski definition) is 4. The molecule has 0 amide bonds. The zero-order valence-electron chi connectivity index (χ0n) is 8.54. The second kappa shape index (κ2) is 5.07. The molecule has 0 spiro atoms. The van der Waals surface area contributed by atoms with Gasteiger partial charge in [0.25, 0.3) is 0 Å². The van der Waals surface area contributed by atoms with Crippen LogP contribution in [0.4, 0.5) is 0 Å². The van der Waals surface area contributed by atoms with Crippen LogP contribution in [0.1, 0.15) is 27.2 Å². The molecular formula is C8H18O4Si. The molecule has 0 saturated carbocycles. The molecule has 1 unspecified atom stereocenters. The Kier molecular flexibility index (Phi) is 4.34. The van der Waals surface area contributed by atoms with Crippen molar-refractivity contribution >= 4 is 9.05 Å². The van der Waals surface area contributed by atoms with Crippen LogP contribution in [-0.2, 0) is 17.7 Å². The van der Waals surface area contributed by atoms with Crippen LogP contribution in [0, 0.1) is 0 Å². The third-order valence-corrected chi connectivity index (χ3v) is 4.32. The molecule has 0 aromatic rings. The zero-order valence-corrected chi connectivity index (χ0v) is 9.54. The molecule has 0 N–H and O–H groups in total. The van der Waals surface area contributed by atoms with Gasteiger partial charge in [0, 0.05) is 19.8 Å². The Labute approximate surface area is 80.6 Å². The first-order valence-electron chi connectivity index (χ1n) is 4.82. The maximum absolute atomic E-state index is 5.63. The Morgan fingerprint density at radius 2 is 1.92 bits per heavy atom. The topological polar surface area (TPSA) is 36.9 Å². The van der Waals surface area contributed by atoms with E-state index in [0.717, 1.165) is 6.42 Å². The number of rotatable bonds is 4. The van der Waals surface area contributed by atoms with Gasteiger partial charge in [-0.2, -0.15) is 0 Å². The van der Waals surface area contributed by atoms with Crippen LogP contribution in [0.2, 0.25) is 0 Å². The van der Waals surface area contributed by atoms with Gasteiger partial charge in [-0.25, -0.2) is 0 Å². The first-order valence-corrected chi connectivity index (χ1v) is 6.45. The third kappa shape index (κ3) is 3.03. The quantitative estimate of drug-likeness (QED) is 0.650. The fourth-order valence-corrected chi connectivity index (χ4v) is 3.38. The van der Waals surface area contributed by atoms with E-state index in [1.54, 1.807) is 0 Å². The average Bonchev–Trinajstić information content (AvgIpc) is 2.04. The van der Waals surface area contributed by atoms with Crippen LogP contribution in [0.3, 0.4) is 0 Å². The van der Waals surface area contributed by atoms with E-state index in [4.69, 9.17) is 17.7 Å². The van der Waals surface area contributed by atoms with Gasteiger partial charge >= 0.3 is 9.05 Å². The highest BCUT2D eigenvalue weighted by molar-refractivity contribution is 6.53. The van der Waals surface area contributed by atoms with Gasteiger partial charge in [-0.05, 0) is 27.2 Å². The van der Waals surface area contributed by atoms with Crippen molar-refractivity contribution in [2.24, 2.45) is 0 Å². The lowest BCUT2D eigenvalue weighted by atomic mass is 10.3. The summed E-state index contributed by atoms with van der Waals surface area (Å²) in [6.45, 7) is 7.66. The minimum Gasteiger partial charge on any atom is -0.351 e. The van der Waals surface area contributed by atoms with Gasteiger partial charge in [-0.1, -0.05) is 0 Å². The van der Waals surface area contributed by atoms with Crippen molar-refractivity contribution in [1.82, 2.24) is 0 Å². The van der Waals surface area contributed by atoms with Crippen molar-refractivity contribution in [3.63, 3.8) is 0 Å². The van der Waals surface area contributed by atoms with Crippen LogP contribution < -0.4 is 0 Å². The standard InChI is InChI=1S/C8H18O4Si/c1-4-9-13(10-5-2)11-7-6-8(3)12-13/h8H,4-7H2,1-3H3. The van der Waals surface area contributed by atoms with Gasteiger partial charge in [0.2, 0.25) is 0 Å². The molecule has 4 nitrogen and oxygen atoms in total. The van der Waals surface area contributed by atoms with Crippen molar-refractivity contribution < 1.29 is 17.7 Å². The van der Waals surface area contributed by atoms with Gasteiger partial charge in [-0.3, -0.25) is 0 Å². The maximum Gasteiger partial charge on any atom is 0.679 e. The van der Waals surface area contributed by atoms with Crippen LogP contribution >= 0.6 is 0 Å². The molecule has 1 aliphatic heterocycles. The molecule has 13 heavy (non-hydrogen) atoms.